The third-order valence-electron chi connectivity index (χ3n) is 4.30. The second-order valence-electron chi connectivity index (χ2n) is 6.11. The Morgan fingerprint density at radius 2 is 1.72 bits per heavy atom. The van der Waals surface area contributed by atoms with Crippen LogP contribution < -0.4 is 9.47 Å². The molecular formula is C22H18ClN3O3. The quantitative estimate of drug-likeness (QED) is 0.418. The maximum Gasteiger partial charge on any atom is 0.259 e. The van der Waals surface area contributed by atoms with Crippen molar-refractivity contribution >= 4 is 11.6 Å². The first kappa shape index (κ1) is 19.0. The van der Waals surface area contributed by atoms with Gasteiger partial charge in [-0.25, -0.2) is 4.98 Å². The SMILES string of the molecule is CCOc1nc(-c2ccc(OC)cc2)ccc1-c1noc(-c2ccccc2Cl)n1. The summed E-state index contributed by atoms with van der Waals surface area (Å²) in [5.74, 6) is 1.95. The van der Waals surface area contributed by atoms with Crippen LogP contribution in [0.5, 0.6) is 11.6 Å². The minimum atomic E-state index is 0.340. The summed E-state index contributed by atoms with van der Waals surface area (Å²) in [6.07, 6.45) is 0. The molecule has 4 rings (SSSR count). The number of nitrogens with zero attached hydrogens (tertiary/aromatic N) is 3. The number of aromatic nitrogens is 3. The zero-order valence-electron chi connectivity index (χ0n) is 15.9. The van der Waals surface area contributed by atoms with Crippen LogP contribution in [-0.4, -0.2) is 28.8 Å². The molecule has 2 heterocycles. The van der Waals surface area contributed by atoms with E-state index in [2.05, 4.69) is 15.1 Å². The zero-order valence-corrected chi connectivity index (χ0v) is 16.7. The second kappa shape index (κ2) is 8.32. The molecule has 0 bridgehead atoms. The van der Waals surface area contributed by atoms with Gasteiger partial charge < -0.3 is 14.0 Å². The number of benzene rings is 2. The van der Waals surface area contributed by atoms with Crippen molar-refractivity contribution in [2.75, 3.05) is 13.7 Å². The summed E-state index contributed by atoms with van der Waals surface area (Å²) in [6.45, 7) is 2.36. The van der Waals surface area contributed by atoms with Gasteiger partial charge in [0.05, 0.1) is 35.6 Å². The largest absolute Gasteiger partial charge is 0.497 e. The molecule has 0 saturated carbocycles. The number of ether oxygens (including phenoxy) is 2. The van der Waals surface area contributed by atoms with E-state index < -0.39 is 0 Å². The number of hydrogen-bond donors (Lipinski definition) is 0. The molecular weight excluding hydrogens is 390 g/mol. The van der Waals surface area contributed by atoms with Gasteiger partial charge in [0.25, 0.3) is 5.89 Å². The average Bonchev–Trinajstić information content (AvgIpc) is 3.24. The summed E-state index contributed by atoms with van der Waals surface area (Å²) in [7, 11) is 1.64. The third kappa shape index (κ3) is 3.93. The highest BCUT2D eigenvalue weighted by molar-refractivity contribution is 6.33. The van der Waals surface area contributed by atoms with E-state index in [9.17, 15) is 0 Å². The molecule has 7 heteroatoms. The van der Waals surface area contributed by atoms with Gasteiger partial charge in [0.1, 0.15) is 5.75 Å². The van der Waals surface area contributed by atoms with E-state index in [-0.39, 0.29) is 0 Å². The molecule has 0 fully saturated rings. The Morgan fingerprint density at radius 3 is 2.45 bits per heavy atom. The van der Waals surface area contributed by atoms with Crippen LogP contribution in [0.25, 0.3) is 34.1 Å². The molecule has 29 heavy (non-hydrogen) atoms. The summed E-state index contributed by atoms with van der Waals surface area (Å²) < 4.78 is 16.4. The maximum absolute atomic E-state index is 6.23. The first-order chi connectivity index (χ1) is 14.2. The number of methoxy groups -OCH3 is 1. The molecule has 0 N–H and O–H groups in total. The Labute approximate surface area is 173 Å². The van der Waals surface area contributed by atoms with Gasteiger partial charge in [-0.1, -0.05) is 28.9 Å². The van der Waals surface area contributed by atoms with Crippen molar-refractivity contribution in [1.29, 1.82) is 0 Å². The summed E-state index contributed by atoms with van der Waals surface area (Å²) in [4.78, 5) is 9.13. The highest BCUT2D eigenvalue weighted by Gasteiger charge is 2.18. The van der Waals surface area contributed by atoms with E-state index in [0.717, 1.165) is 17.0 Å². The normalized spacial score (nSPS) is 10.7. The Morgan fingerprint density at radius 1 is 0.931 bits per heavy atom. The van der Waals surface area contributed by atoms with E-state index in [1.54, 1.807) is 13.2 Å². The fourth-order valence-electron chi connectivity index (χ4n) is 2.86. The van der Waals surface area contributed by atoms with Gasteiger partial charge in [0, 0.05) is 5.56 Å². The van der Waals surface area contributed by atoms with Crippen molar-refractivity contribution < 1.29 is 14.0 Å². The van der Waals surface area contributed by atoms with Crippen LogP contribution in [0.2, 0.25) is 5.02 Å². The third-order valence-corrected chi connectivity index (χ3v) is 4.63. The van der Waals surface area contributed by atoms with Gasteiger partial charge in [-0.05, 0) is 55.5 Å². The maximum atomic E-state index is 6.23. The summed E-state index contributed by atoms with van der Waals surface area (Å²) in [5, 5.41) is 4.63. The molecule has 146 valence electrons. The number of halogens is 1. The van der Waals surface area contributed by atoms with E-state index in [1.165, 1.54) is 0 Å². The van der Waals surface area contributed by atoms with E-state index in [1.807, 2.05) is 61.5 Å². The smallest absolute Gasteiger partial charge is 0.259 e. The highest BCUT2D eigenvalue weighted by Crippen LogP contribution is 2.33. The molecule has 0 aliphatic heterocycles. The second-order valence-corrected chi connectivity index (χ2v) is 6.52. The van der Waals surface area contributed by atoms with E-state index >= 15 is 0 Å². The van der Waals surface area contributed by atoms with Crippen LogP contribution >= 0.6 is 11.6 Å². The van der Waals surface area contributed by atoms with Gasteiger partial charge in [-0.2, -0.15) is 4.98 Å². The summed E-state index contributed by atoms with van der Waals surface area (Å²) in [6, 6.07) is 18.7. The lowest BCUT2D eigenvalue weighted by molar-refractivity contribution is 0.328. The zero-order chi connectivity index (χ0) is 20.2. The van der Waals surface area contributed by atoms with Gasteiger partial charge >= 0.3 is 0 Å². The Bertz CT molecular complexity index is 1130. The standard InChI is InChI=1S/C22H18ClN3O3/c1-3-28-21-17(12-13-19(24-21)14-8-10-15(27-2)11-9-14)20-25-22(29-26-20)16-6-4-5-7-18(16)23/h4-13H,3H2,1-2H3. The fraction of sp³-hybridized carbons (Fsp3) is 0.136. The topological polar surface area (TPSA) is 70.3 Å². The van der Waals surface area contributed by atoms with E-state index in [0.29, 0.717) is 40.4 Å². The first-order valence-corrected chi connectivity index (χ1v) is 9.44. The molecule has 6 nitrogen and oxygen atoms in total. The number of rotatable bonds is 6. The molecule has 2 aromatic carbocycles. The van der Waals surface area contributed by atoms with Gasteiger partial charge in [0.15, 0.2) is 0 Å². The van der Waals surface area contributed by atoms with Gasteiger partial charge in [-0.15, -0.1) is 0 Å². The lowest BCUT2D eigenvalue weighted by Crippen LogP contribution is -1.99. The average molecular weight is 408 g/mol. The number of hydrogen-bond acceptors (Lipinski definition) is 6. The van der Waals surface area contributed by atoms with Crippen molar-refractivity contribution in [3.05, 3.63) is 65.7 Å². The molecule has 0 aliphatic rings. The van der Waals surface area contributed by atoms with Crippen molar-refractivity contribution in [2.45, 2.75) is 6.92 Å². The van der Waals surface area contributed by atoms with Gasteiger partial charge in [-0.3, -0.25) is 0 Å². The Kier molecular flexibility index (Phi) is 5.44. The minimum absolute atomic E-state index is 0.340. The van der Waals surface area contributed by atoms with Crippen molar-refractivity contribution in [1.82, 2.24) is 15.1 Å². The first-order valence-electron chi connectivity index (χ1n) is 9.07. The van der Waals surface area contributed by atoms with Crippen LogP contribution in [-0.2, 0) is 0 Å². The lowest BCUT2D eigenvalue weighted by atomic mass is 10.1. The fourth-order valence-corrected chi connectivity index (χ4v) is 3.07. The van der Waals surface area contributed by atoms with Crippen LogP contribution in [0.1, 0.15) is 6.92 Å². The van der Waals surface area contributed by atoms with Crippen LogP contribution in [0.15, 0.2) is 65.2 Å². The van der Waals surface area contributed by atoms with Gasteiger partial charge in [0.2, 0.25) is 11.7 Å². The Hall–Kier alpha value is -3.38. The number of pyridine rings is 1. The van der Waals surface area contributed by atoms with Crippen molar-refractivity contribution in [3.8, 4) is 45.7 Å². The predicted octanol–water partition coefficient (Wildman–Crippen LogP) is 5.53. The Balaban J connectivity index is 1.71. The minimum Gasteiger partial charge on any atom is -0.497 e. The molecule has 0 unspecified atom stereocenters. The van der Waals surface area contributed by atoms with Crippen LogP contribution in [0.4, 0.5) is 0 Å². The molecule has 2 aromatic heterocycles. The van der Waals surface area contributed by atoms with Crippen molar-refractivity contribution in [2.24, 2.45) is 0 Å². The molecule has 0 spiro atoms. The van der Waals surface area contributed by atoms with Crippen molar-refractivity contribution in [3.63, 3.8) is 0 Å². The summed E-state index contributed by atoms with van der Waals surface area (Å²) in [5.41, 5.74) is 3.04. The molecule has 0 radical (unpaired) electrons. The molecule has 0 amide bonds. The monoisotopic (exact) mass is 407 g/mol. The molecule has 0 atom stereocenters. The lowest BCUT2D eigenvalue weighted by Gasteiger charge is -2.09. The molecule has 0 aliphatic carbocycles. The predicted molar refractivity (Wildman–Crippen MR) is 111 cm³/mol. The summed E-state index contributed by atoms with van der Waals surface area (Å²) >= 11 is 6.23. The van der Waals surface area contributed by atoms with E-state index in [4.69, 9.17) is 25.6 Å². The molecule has 0 saturated heterocycles. The molecule has 4 aromatic rings. The van der Waals surface area contributed by atoms with Crippen LogP contribution in [0.3, 0.4) is 0 Å². The highest BCUT2D eigenvalue weighted by atomic mass is 35.5. The van der Waals surface area contributed by atoms with Crippen LogP contribution in [0, 0.1) is 0 Å².